The van der Waals surface area contributed by atoms with E-state index in [4.69, 9.17) is 5.73 Å². The predicted octanol–water partition coefficient (Wildman–Crippen LogP) is 3.17. The number of anilines is 3. The molecule has 0 unspecified atom stereocenters. The van der Waals surface area contributed by atoms with E-state index < -0.39 is 0 Å². The van der Waals surface area contributed by atoms with Crippen LogP contribution in [0.1, 0.15) is 45.1 Å². The highest BCUT2D eigenvalue weighted by Gasteiger charge is 2.35. The molecule has 3 N–H and O–H groups in total. The molecule has 0 spiro atoms. The van der Waals surface area contributed by atoms with Crippen LogP contribution in [0.4, 0.5) is 17.1 Å². The monoisotopic (exact) mass is 287 g/mol. The van der Waals surface area contributed by atoms with Gasteiger partial charge in [0.15, 0.2) is 0 Å². The van der Waals surface area contributed by atoms with Crippen LogP contribution in [-0.2, 0) is 11.2 Å². The molecule has 2 aliphatic heterocycles. The summed E-state index contributed by atoms with van der Waals surface area (Å²) in [6.45, 7) is 6.75. The maximum Gasteiger partial charge on any atom is 0.224 e. The molecule has 4 heteroatoms. The van der Waals surface area contributed by atoms with Crippen LogP contribution < -0.4 is 16.0 Å². The van der Waals surface area contributed by atoms with Crippen molar-refractivity contribution in [3.63, 3.8) is 0 Å². The molecular weight excluding hydrogens is 262 g/mol. The largest absolute Gasteiger partial charge is 0.397 e. The summed E-state index contributed by atoms with van der Waals surface area (Å²) < 4.78 is 0. The summed E-state index contributed by atoms with van der Waals surface area (Å²) in [6.07, 6.45) is 5.08. The highest BCUT2D eigenvalue weighted by molar-refractivity contribution is 5.95. The molecule has 21 heavy (non-hydrogen) atoms. The van der Waals surface area contributed by atoms with Crippen molar-refractivity contribution in [1.29, 1.82) is 0 Å². The molecule has 2 heterocycles. The molecule has 0 aliphatic carbocycles. The third-order valence-corrected chi connectivity index (χ3v) is 5.43. The van der Waals surface area contributed by atoms with Crippen molar-refractivity contribution in [2.75, 3.05) is 29.0 Å². The maximum absolute atomic E-state index is 11.5. The molecule has 0 radical (unpaired) electrons. The molecular formula is C17H25N3O. The van der Waals surface area contributed by atoms with Crippen LogP contribution in [0.3, 0.4) is 0 Å². The van der Waals surface area contributed by atoms with E-state index in [1.807, 2.05) is 6.07 Å². The molecule has 2 aliphatic rings. The van der Waals surface area contributed by atoms with Crippen LogP contribution in [0, 0.1) is 5.41 Å². The summed E-state index contributed by atoms with van der Waals surface area (Å²) in [7, 11) is 0. The first-order valence-electron chi connectivity index (χ1n) is 8.04. The Morgan fingerprint density at radius 2 is 2.05 bits per heavy atom. The molecule has 0 bridgehead atoms. The van der Waals surface area contributed by atoms with Gasteiger partial charge in [-0.15, -0.1) is 0 Å². The minimum atomic E-state index is 0.0896. The molecule has 4 nitrogen and oxygen atoms in total. The summed E-state index contributed by atoms with van der Waals surface area (Å²) in [4.78, 5) is 13.9. The van der Waals surface area contributed by atoms with E-state index >= 15 is 0 Å². The first-order chi connectivity index (χ1) is 10.1. The number of nitrogens with zero attached hydrogens (tertiary/aromatic N) is 1. The van der Waals surface area contributed by atoms with E-state index in [1.165, 1.54) is 24.8 Å². The van der Waals surface area contributed by atoms with Crippen molar-refractivity contribution in [2.24, 2.45) is 5.41 Å². The molecule has 1 fully saturated rings. The maximum atomic E-state index is 11.5. The van der Waals surface area contributed by atoms with Gasteiger partial charge in [0.05, 0.1) is 11.4 Å². The van der Waals surface area contributed by atoms with E-state index in [0.717, 1.165) is 36.6 Å². The summed E-state index contributed by atoms with van der Waals surface area (Å²) in [5.41, 5.74) is 10.7. The van der Waals surface area contributed by atoms with Crippen molar-refractivity contribution in [2.45, 2.75) is 46.0 Å². The van der Waals surface area contributed by atoms with Gasteiger partial charge in [-0.2, -0.15) is 0 Å². The minimum absolute atomic E-state index is 0.0896. The second-order valence-corrected chi connectivity index (χ2v) is 6.50. The summed E-state index contributed by atoms with van der Waals surface area (Å²) in [6, 6.07) is 4.12. The molecule has 1 amide bonds. The van der Waals surface area contributed by atoms with Crippen molar-refractivity contribution in [1.82, 2.24) is 0 Å². The third-order valence-electron chi connectivity index (χ3n) is 5.43. The van der Waals surface area contributed by atoms with Crippen molar-refractivity contribution in [3.05, 3.63) is 17.7 Å². The fraction of sp³-hybridized carbons (Fsp3) is 0.588. The molecule has 1 aromatic rings. The van der Waals surface area contributed by atoms with Crippen molar-refractivity contribution < 1.29 is 4.79 Å². The number of benzene rings is 1. The number of rotatable bonds is 3. The number of amides is 1. The van der Waals surface area contributed by atoms with Gasteiger partial charge in [-0.05, 0) is 48.8 Å². The lowest BCUT2D eigenvalue weighted by atomic mass is 9.82. The number of nitrogen functional groups attached to an aromatic ring is 1. The fourth-order valence-electron chi connectivity index (χ4n) is 3.67. The SMILES string of the molecule is CCC1(CC)CCN(c2cc3c(cc2N)NC(=O)CC3)C1. The van der Waals surface area contributed by atoms with Gasteiger partial charge in [-0.1, -0.05) is 13.8 Å². The van der Waals surface area contributed by atoms with E-state index in [1.54, 1.807) is 0 Å². The topological polar surface area (TPSA) is 58.4 Å². The lowest BCUT2D eigenvalue weighted by molar-refractivity contribution is -0.116. The van der Waals surface area contributed by atoms with Crippen molar-refractivity contribution in [3.8, 4) is 0 Å². The fourth-order valence-corrected chi connectivity index (χ4v) is 3.67. The Bertz CT molecular complexity index is 563. The smallest absolute Gasteiger partial charge is 0.224 e. The first kappa shape index (κ1) is 14.2. The standard InChI is InChI=1S/C17H25N3O/c1-3-17(4-2)7-8-20(11-17)15-9-12-5-6-16(21)19-14(12)10-13(15)18/h9-10H,3-8,11,18H2,1-2H3,(H,19,21). The number of hydrogen-bond donors (Lipinski definition) is 2. The average Bonchev–Trinajstić information content (AvgIpc) is 2.91. The molecule has 0 saturated carbocycles. The van der Waals surface area contributed by atoms with E-state index in [2.05, 4.69) is 30.1 Å². The predicted molar refractivity (Wildman–Crippen MR) is 87.7 cm³/mol. The Labute approximate surface area is 126 Å². The lowest BCUT2D eigenvalue weighted by Crippen LogP contribution is -2.27. The molecule has 1 saturated heterocycles. The number of carbonyl (C=O) groups is 1. The van der Waals surface area contributed by atoms with E-state index in [-0.39, 0.29) is 5.91 Å². The third kappa shape index (κ3) is 2.47. The van der Waals surface area contributed by atoms with Crippen LogP contribution >= 0.6 is 0 Å². The van der Waals surface area contributed by atoms with Gasteiger partial charge < -0.3 is 16.0 Å². The van der Waals surface area contributed by atoms with Gasteiger partial charge in [0.2, 0.25) is 5.91 Å². The number of carbonyl (C=O) groups excluding carboxylic acids is 1. The number of hydrogen-bond acceptors (Lipinski definition) is 3. The Morgan fingerprint density at radius 1 is 1.29 bits per heavy atom. The Balaban J connectivity index is 1.88. The first-order valence-corrected chi connectivity index (χ1v) is 8.04. The second kappa shape index (κ2) is 5.24. The van der Waals surface area contributed by atoms with Gasteiger partial charge in [-0.25, -0.2) is 0 Å². The number of nitrogens with one attached hydrogen (secondary N) is 1. The molecule has 1 aromatic carbocycles. The zero-order chi connectivity index (χ0) is 15.0. The average molecular weight is 287 g/mol. The quantitative estimate of drug-likeness (QED) is 0.840. The summed E-state index contributed by atoms with van der Waals surface area (Å²) >= 11 is 0. The highest BCUT2D eigenvalue weighted by atomic mass is 16.1. The van der Waals surface area contributed by atoms with Crippen LogP contribution in [-0.4, -0.2) is 19.0 Å². The molecule has 0 atom stereocenters. The van der Waals surface area contributed by atoms with Gasteiger partial charge in [0.1, 0.15) is 0 Å². The zero-order valence-electron chi connectivity index (χ0n) is 13.0. The normalized spacial score (nSPS) is 20.3. The lowest BCUT2D eigenvalue weighted by Gasteiger charge is -2.29. The number of aryl methyl sites for hydroxylation is 1. The molecule has 0 aromatic heterocycles. The number of nitrogens with two attached hydrogens (primary N) is 1. The highest BCUT2D eigenvalue weighted by Crippen LogP contribution is 2.42. The Kier molecular flexibility index (Phi) is 3.56. The van der Waals surface area contributed by atoms with Crippen LogP contribution in [0.15, 0.2) is 12.1 Å². The molecule has 3 rings (SSSR count). The van der Waals surface area contributed by atoms with Crippen molar-refractivity contribution >= 4 is 23.0 Å². The Hall–Kier alpha value is -1.71. The van der Waals surface area contributed by atoms with Gasteiger partial charge in [0, 0.05) is 25.2 Å². The van der Waals surface area contributed by atoms with Gasteiger partial charge >= 0.3 is 0 Å². The number of fused-ring (bicyclic) bond motifs is 1. The van der Waals surface area contributed by atoms with Crippen LogP contribution in [0.2, 0.25) is 0 Å². The summed E-state index contributed by atoms with van der Waals surface area (Å²) in [5.74, 6) is 0.0896. The zero-order valence-corrected chi connectivity index (χ0v) is 13.0. The second-order valence-electron chi connectivity index (χ2n) is 6.50. The van der Waals surface area contributed by atoms with Crippen LogP contribution in [0.25, 0.3) is 0 Å². The summed E-state index contributed by atoms with van der Waals surface area (Å²) in [5, 5.41) is 2.92. The minimum Gasteiger partial charge on any atom is -0.397 e. The Morgan fingerprint density at radius 3 is 2.71 bits per heavy atom. The molecule has 114 valence electrons. The van der Waals surface area contributed by atoms with E-state index in [9.17, 15) is 4.79 Å². The van der Waals surface area contributed by atoms with Crippen LogP contribution in [0.5, 0.6) is 0 Å². The van der Waals surface area contributed by atoms with Gasteiger partial charge in [0.25, 0.3) is 0 Å². The van der Waals surface area contributed by atoms with E-state index in [0.29, 0.717) is 11.8 Å². The van der Waals surface area contributed by atoms with Gasteiger partial charge in [-0.3, -0.25) is 4.79 Å².